The van der Waals surface area contributed by atoms with Gasteiger partial charge >= 0.3 is 5.69 Å². The van der Waals surface area contributed by atoms with Crippen LogP contribution in [0.5, 0.6) is 0 Å². The molecule has 2 amide bonds. The van der Waals surface area contributed by atoms with Gasteiger partial charge < -0.3 is 14.8 Å². The van der Waals surface area contributed by atoms with Crippen molar-refractivity contribution in [3.8, 4) is 0 Å². The number of nitrogens with zero attached hydrogens (tertiary/aromatic N) is 5. The fraction of sp³-hybridized carbons (Fsp3) is 0.368. The Bertz CT molecular complexity index is 1090. The van der Waals surface area contributed by atoms with Crippen LogP contribution in [0.2, 0.25) is 0 Å². The van der Waals surface area contributed by atoms with Crippen LogP contribution in [0, 0.1) is 5.92 Å². The summed E-state index contributed by atoms with van der Waals surface area (Å²) < 4.78 is 4.97. The Morgan fingerprint density at radius 3 is 2.64 bits per heavy atom. The van der Waals surface area contributed by atoms with Crippen LogP contribution in [-0.2, 0) is 25.4 Å². The number of imidazole rings is 2. The van der Waals surface area contributed by atoms with Crippen LogP contribution < -0.4 is 11.0 Å². The number of nitrogens with one attached hydrogen (secondary N) is 1. The van der Waals surface area contributed by atoms with Gasteiger partial charge in [0.05, 0.1) is 23.3 Å². The van der Waals surface area contributed by atoms with Gasteiger partial charge in [0, 0.05) is 58.2 Å². The number of hydrogen-bond donors (Lipinski definition) is 1. The third-order valence-electron chi connectivity index (χ3n) is 5.29. The van der Waals surface area contributed by atoms with Crippen LogP contribution in [-0.4, -0.2) is 55.0 Å². The molecule has 0 saturated carbocycles. The van der Waals surface area contributed by atoms with Crippen molar-refractivity contribution in [3.63, 3.8) is 0 Å². The van der Waals surface area contributed by atoms with Crippen LogP contribution in [0.1, 0.15) is 10.4 Å². The van der Waals surface area contributed by atoms with E-state index in [1.54, 1.807) is 54.3 Å². The maximum absolute atomic E-state index is 12.7. The molecule has 9 nitrogen and oxygen atoms in total. The van der Waals surface area contributed by atoms with E-state index >= 15 is 0 Å². The second-order valence-corrected chi connectivity index (χ2v) is 7.10. The smallest absolute Gasteiger partial charge is 0.328 e. The maximum atomic E-state index is 12.7. The summed E-state index contributed by atoms with van der Waals surface area (Å²) in [6, 6.07) is 5.24. The summed E-state index contributed by atoms with van der Waals surface area (Å²) in [5, 5.41) is 2.90. The van der Waals surface area contributed by atoms with Gasteiger partial charge in [-0.3, -0.25) is 18.7 Å². The average molecular weight is 382 g/mol. The lowest BCUT2D eigenvalue weighted by Gasteiger charge is -2.38. The van der Waals surface area contributed by atoms with E-state index in [0.29, 0.717) is 37.3 Å². The molecule has 9 heteroatoms. The van der Waals surface area contributed by atoms with Crippen LogP contribution >= 0.6 is 0 Å². The van der Waals surface area contributed by atoms with Crippen molar-refractivity contribution in [3.05, 3.63) is 53.0 Å². The number of likely N-dealkylation sites (tertiary alicyclic amines) is 1. The van der Waals surface area contributed by atoms with E-state index in [2.05, 4.69) is 10.3 Å². The number of carbonyl (C=O) groups excluding carboxylic acids is 2. The summed E-state index contributed by atoms with van der Waals surface area (Å²) in [5.41, 5.74) is 1.89. The molecule has 1 aliphatic rings. The summed E-state index contributed by atoms with van der Waals surface area (Å²) in [6.45, 7) is 2.00. The quantitative estimate of drug-likeness (QED) is 0.670. The van der Waals surface area contributed by atoms with Crippen LogP contribution in [0.15, 0.2) is 41.7 Å². The summed E-state index contributed by atoms with van der Waals surface area (Å²) in [5.74, 6) is -0.345. The highest BCUT2D eigenvalue weighted by molar-refractivity contribution is 5.98. The second kappa shape index (κ2) is 6.99. The number of amides is 2. The fourth-order valence-electron chi connectivity index (χ4n) is 3.50. The molecule has 146 valence electrons. The van der Waals surface area contributed by atoms with Crippen LogP contribution in [0.3, 0.4) is 0 Å². The molecule has 1 aromatic carbocycles. The molecule has 0 radical (unpaired) electrons. The van der Waals surface area contributed by atoms with Gasteiger partial charge in [0.2, 0.25) is 5.91 Å². The molecule has 2 aromatic heterocycles. The van der Waals surface area contributed by atoms with Gasteiger partial charge in [-0.15, -0.1) is 0 Å². The topological polar surface area (TPSA) is 94.2 Å². The lowest BCUT2D eigenvalue weighted by atomic mass is 9.97. The first-order valence-corrected chi connectivity index (χ1v) is 9.14. The molecular weight excluding hydrogens is 360 g/mol. The molecule has 0 aliphatic carbocycles. The van der Waals surface area contributed by atoms with Crippen molar-refractivity contribution >= 4 is 22.8 Å². The number of hydrogen-bond acceptors (Lipinski definition) is 4. The molecule has 1 N–H and O–H groups in total. The van der Waals surface area contributed by atoms with Crippen molar-refractivity contribution in [2.45, 2.75) is 6.54 Å². The third-order valence-corrected chi connectivity index (χ3v) is 5.29. The summed E-state index contributed by atoms with van der Waals surface area (Å²) in [7, 11) is 3.39. The Morgan fingerprint density at radius 1 is 1.18 bits per heavy atom. The van der Waals surface area contributed by atoms with E-state index in [1.807, 2.05) is 10.8 Å². The molecule has 28 heavy (non-hydrogen) atoms. The zero-order valence-electron chi connectivity index (χ0n) is 15.8. The van der Waals surface area contributed by atoms with Crippen molar-refractivity contribution in [2.75, 3.05) is 19.6 Å². The molecule has 3 heterocycles. The van der Waals surface area contributed by atoms with Gasteiger partial charge in [-0.1, -0.05) is 0 Å². The monoisotopic (exact) mass is 382 g/mol. The normalized spacial score (nSPS) is 14.3. The van der Waals surface area contributed by atoms with Crippen molar-refractivity contribution < 1.29 is 9.59 Å². The van der Waals surface area contributed by atoms with Gasteiger partial charge in [0.15, 0.2) is 0 Å². The number of fused-ring (bicyclic) bond motifs is 1. The van der Waals surface area contributed by atoms with Crippen LogP contribution in [0.4, 0.5) is 0 Å². The number of carbonyl (C=O) groups is 2. The molecular formula is C19H22N6O3. The summed E-state index contributed by atoms with van der Waals surface area (Å²) in [4.78, 5) is 42.5. The van der Waals surface area contributed by atoms with Gasteiger partial charge in [-0.2, -0.15) is 0 Å². The Kier molecular flexibility index (Phi) is 4.50. The first-order valence-electron chi connectivity index (χ1n) is 9.14. The van der Waals surface area contributed by atoms with Crippen LogP contribution in [0.25, 0.3) is 11.0 Å². The SMILES string of the molecule is Cn1c(=O)n(C)c2cc(C(=O)N3CC(C(=O)NCCn4ccnc4)C3)ccc21. The van der Waals surface area contributed by atoms with Gasteiger partial charge in [-0.05, 0) is 18.2 Å². The Balaban J connectivity index is 1.34. The molecule has 3 aromatic rings. The largest absolute Gasteiger partial charge is 0.354 e. The minimum absolute atomic E-state index is 0.0370. The molecule has 1 saturated heterocycles. The third kappa shape index (κ3) is 3.08. The Hall–Kier alpha value is -3.36. The molecule has 1 fully saturated rings. The first kappa shape index (κ1) is 18.0. The lowest BCUT2D eigenvalue weighted by Crippen LogP contribution is -2.55. The fourth-order valence-corrected chi connectivity index (χ4v) is 3.50. The van der Waals surface area contributed by atoms with Crippen molar-refractivity contribution in [1.29, 1.82) is 0 Å². The highest BCUT2D eigenvalue weighted by atomic mass is 16.2. The van der Waals surface area contributed by atoms with Gasteiger partial charge in [0.1, 0.15) is 0 Å². The minimum atomic E-state index is -0.184. The average Bonchev–Trinajstić information content (AvgIpc) is 3.24. The van der Waals surface area contributed by atoms with E-state index < -0.39 is 0 Å². The van der Waals surface area contributed by atoms with Crippen molar-refractivity contribution in [2.24, 2.45) is 20.0 Å². The Labute approximate surface area is 161 Å². The Morgan fingerprint density at radius 2 is 1.93 bits per heavy atom. The highest BCUT2D eigenvalue weighted by Crippen LogP contribution is 2.21. The predicted molar refractivity (Wildman–Crippen MR) is 103 cm³/mol. The molecule has 1 aliphatic heterocycles. The number of aromatic nitrogens is 4. The standard InChI is InChI=1S/C19H22N6O3/c1-22-15-4-3-13(9-16(15)23(2)19(22)28)18(27)25-10-14(11-25)17(26)21-6-8-24-7-5-20-12-24/h3-5,7,9,12,14H,6,8,10-11H2,1-2H3,(H,21,26). The second-order valence-electron chi connectivity index (χ2n) is 7.10. The molecule has 0 atom stereocenters. The number of rotatable bonds is 5. The van der Waals surface area contributed by atoms with E-state index in [-0.39, 0.29) is 23.4 Å². The maximum Gasteiger partial charge on any atom is 0.328 e. The highest BCUT2D eigenvalue weighted by Gasteiger charge is 2.36. The molecule has 4 rings (SSSR count). The summed E-state index contributed by atoms with van der Waals surface area (Å²) >= 11 is 0. The molecule has 0 bridgehead atoms. The van der Waals surface area contributed by atoms with E-state index in [1.165, 1.54) is 4.57 Å². The number of benzene rings is 1. The number of aryl methyl sites for hydroxylation is 2. The molecule has 0 spiro atoms. The van der Waals surface area contributed by atoms with E-state index in [9.17, 15) is 14.4 Å². The van der Waals surface area contributed by atoms with E-state index in [4.69, 9.17) is 0 Å². The first-order chi connectivity index (χ1) is 13.5. The summed E-state index contributed by atoms with van der Waals surface area (Å²) in [6.07, 6.45) is 5.24. The van der Waals surface area contributed by atoms with Gasteiger partial charge in [0.25, 0.3) is 5.91 Å². The zero-order chi connectivity index (χ0) is 19.8. The predicted octanol–water partition coefficient (Wildman–Crippen LogP) is -0.0381. The zero-order valence-corrected chi connectivity index (χ0v) is 15.8. The molecule has 0 unspecified atom stereocenters. The van der Waals surface area contributed by atoms with Gasteiger partial charge in [-0.25, -0.2) is 9.78 Å². The van der Waals surface area contributed by atoms with Crippen molar-refractivity contribution in [1.82, 2.24) is 28.9 Å². The lowest BCUT2D eigenvalue weighted by molar-refractivity contribution is -0.129. The van der Waals surface area contributed by atoms with E-state index in [0.717, 1.165) is 5.52 Å². The minimum Gasteiger partial charge on any atom is -0.354 e.